The van der Waals surface area contributed by atoms with Crippen molar-refractivity contribution in [3.63, 3.8) is 0 Å². The molecule has 0 spiro atoms. The van der Waals surface area contributed by atoms with Crippen LogP contribution in [0.4, 0.5) is 0 Å². The topological polar surface area (TPSA) is 20.3 Å². The molecule has 1 aromatic carbocycles. The number of carbonyl (C=O) groups excluding carboxylic acids is 1. The molecule has 4 heteroatoms. The highest BCUT2D eigenvalue weighted by Crippen LogP contribution is 2.23. The Morgan fingerprint density at radius 2 is 2.06 bits per heavy atom. The monoisotopic (exact) mass is 361 g/mol. The third-order valence-corrected chi connectivity index (χ3v) is 3.97. The van der Waals surface area contributed by atoms with Crippen molar-refractivity contribution in [1.82, 2.24) is 4.90 Å². The Labute approximate surface area is 120 Å². The lowest BCUT2D eigenvalue weighted by atomic mass is 10.1. The van der Waals surface area contributed by atoms with Crippen LogP contribution < -0.4 is 0 Å². The van der Waals surface area contributed by atoms with Gasteiger partial charge in [0.2, 0.25) is 0 Å². The molecule has 0 aromatic heterocycles. The maximum atomic E-state index is 12.2. The van der Waals surface area contributed by atoms with Crippen molar-refractivity contribution in [1.29, 1.82) is 0 Å². The molecule has 1 rings (SSSR count). The summed E-state index contributed by atoms with van der Waals surface area (Å²) in [5, 5.41) is 0. The Morgan fingerprint density at radius 1 is 1.41 bits per heavy atom. The summed E-state index contributed by atoms with van der Waals surface area (Å²) in [7, 11) is 1.85. The summed E-state index contributed by atoms with van der Waals surface area (Å²) < 4.78 is 1.75. The molecule has 17 heavy (non-hydrogen) atoms. The Kier molecular flexibility index (Phi) is 5.67. The van der Waals surface area contributed by atoms with Crippen LogP contribution >= 0.6 is 31.9 Å². The van der Waals surface area contributed by atoms with Gasteiger partial charge in [0, 0.05) is 22.5 Å². The molecule has 2 nitrogen and oxygen atoms in total. The Bertz CT molecular complexity index is 406. The van der Waals surface area contributed by atoms with Gasteiger partial charge in [0.1, 0.15) is 0 Å². The summed E-state index contributed by atoms with van der Waals surface area (Å²) in [6, 6.07) is 5.64. The summed E-state index contributed by atoms with van der Waals surface area (Å²) >= 11 is 6.80. The van der Waals surface area contributed by atoms with Crippen LogP contribution in [0.3, 0.4) is 0 Å². The molecule has 1 atom stereocenters. The lowest BCUT2D eigenvalue weighted by Gasteiger charge is -2.21. The molecule has 0 heterocycles. The molecule has 0 aliphatic carbocycles. The molecule has 0 bridgehead atoms. The van der Waals surface area contributed by atoms with Gasteiger partial charge in [-0.2, -0.15) is 0 Å². The predicted molar refractivity (Wildman–Crippen MR) is 78.3 cm³/mol. The first kappa shape index (κ1) is 14.7. The highest BCUT2D eigenvalue weighted by molar-refractivity contribution is 9.11. The van der Waals surface area contributed by atoms with Crippen LogP contribution in [0.25, 0.3) is 0 Å². The van der Waals surface area contributed by atoms with E-state index in [-0.39, 0.29) is 5.91 Å². The zero-order chi connectivity index (χ0) is 13.0. The number of nitrogens with zero attached hydrogens (tertiary/aromatic N) is 1. The average molecular weight is 363 g/mol. The van der Waals surface area contributed by atoms with Crippen LogP contribution in [-0.2, 0) is 0 Å². The summed E-state index contributed by atoms with van der Waals surface area (Å²) in [4.78, 5) is 14.0. The van der Waals surface area contributed by atoms with Crippen molar-refractivity contribution >= 4 is 37.8 Å². The van der Waals surface area contributed by atoms with Crippen molar-refractivity contribution < 1.29 is 4.79 Å². The lowest BCUT2D eigenvalue weighted by molar-refractivity contribution is 0.0774. The maximum Gasteiger partial charge on any atom is 0.254 e. The summed E-state index contributed by atoms with van der Waals surface area (Å²) in [5.41, 5.74) is 0.699. The van der Waals surface area contributed by atoms with Gasteiger partial charge in [0.15, 0.2) is 0 Å². The molecule has 0 aliphatic heterocycles. The minimum atomic E-state index is 0.0541. The number of amides is 1. The predicted octanol–water partition coefficient (Wildman–Crippen LogP) is 4.33. The van der Waals surface area contributed by atoms with Crippen LogP contribution in [0.15, 0.2) is 27.1 Å². The van der Waals surface area contributed by atoms with Crippen LogP contribution in [0.5, 0.6) is 0 Å². The zero-order valence-electron chi connectivity index (χ0n) is 10.3. The molecule has 1 unspecified atom stereocenters. The highest BCUT2D eigenvalue weighted by atomic mass is 79.9. The molecular formula is C13H17Br2NO. The fourth-order valence-electron chi connectivity index (χ4n) is 1.55. The van der Waals surface area contributed by atoms with E-state index in [1.165, 1.54) is 0 Å². The van der Waals surface area contributed by atoms with Gasteiger partial charge in [-0.25, -0.2) is 0 Å². The van der Waals surface area contributed by atoms with Crippen molar-refractivity contribution in [2.45, 2.75) is 20.3 Å². The van der Waals surface area contributed by atoms with Gasteiger partial charge in [-0.05, 0) is 40.0 Å². The second kappa shape index (κ2) is 6.55. The molecule has 0 fully saturated rings. The molecule has 0 saturated heterocycles. The van der Waals surface area contributed by atoms with Gasteiger partial charge >= 0.3 is 0 Å². The number of rotatable bonds is 4. The normalized spacial score (nSPS) is 12.3. The smallest absolute Gasteiger partial charge is 0.254 e. The van der Waals surface area contributed by atoms with Crippen molar-refractivity contribution in [3.8, 4) is 0 Å². The van der Waals surface area contributed by atoms with Crippen molar-refractivity contribution in [2.75, 3.05) is 13.6 Å². The average Bonchev–Trinajstić information content (AvgIpc) is 2.31. The minimum Gasteiger partial charge on any atom is -0.341 e. The van der Waals surface area contributed by atoms with Crippen LogP contribution in [0, 0.1) is 5.92 Å². The minimum absolute atomic E-state index is 0.0541. The molecule has 0 N–H and O–H groups in total. The fourth-order valence-corrected chi connectivity index (χ4v) is 2.32. The third-order valence-electron chi connectivity index (χ3n) is 2.79. The van der Waals surface area contributed by atoms with Crippen LogP contribution in [-0.4, -0.2) is 24.4 Å². The summed E-state index contributed by atoms with van der Waals surface area (Å²) in [6.07, 6.45) is 1.08. The SMILES string of the molecule is CCC(C)CN(C)C(=O)c1cc(Br)ccc1Br. The molecule has 1 amide bonds. The molecular weight excluding hydrogens is 346 g/mol. The Hall–Kier alpha value is -0.350. The quantitative estimate of drug-likeness (QED) is 0.780. The van der Waals surface area contributed by atoms with Gasteiger partial charge < -0.3 is 4.90 Å². The summed E-state index contributed by atoms with van der Waals surface area (Å²) in [6.45, 7) is 5.08. The first-order valence-electron chi connectivity index (χ1n) is 5.66. The molecule has 0 aliphatic rings. The third kappa shape index (κ3) is 4.11. The highest BCUT2D eigenvalue weighted by Gasteiger charge is 2.16. The first-order chi connectivity index (χ1) is 7.95. The van der Waals surface area contributed by atoms with Gasteiger partial charge in [0.05, 0.1) is 5.56 Å². The molecule has 0 radical (unpaired) electrons. The molecule has 0 saturated carbocycles. The molecule has 94 valence electrons. The Morgan fingerprint density at radius 3 is 2.65 bits per heavy atom. The van der Waals surface area contributed by atoms with Crippen molar-refractivity contribution in [3.05, 3.63) is 32.7 Å². The van der Waals surface area contributed by atoms with Crippen LogP contribution in [0.1, 0.15) is 30.6 Å². The van der Waals surface area contributed by atoms with E-state index in [2.05, 4.69) is 45.7 Å². The maximum absolute atomic E-state index is 12.2. The second-order valence-corrected chi connectivity index (χ2v) is 6.09. The number of hydrogen-bond acceptors (Lipinski definition) is 1. The van der Waals surface area contributed by atoms with Gasteiger partial charge in [-0.1, -0.05) is 36.2 Å². The van der Waals surface area contributed by atoms with E-state index in [1.54, 1.807) is 4.90 Å². The van der Waals surface area contributed by atoms with E-state index in [0.29, 0.717) is 11.5 Å². The molecule has 1 aromatic rings. The number of benzene rings is 1. The number of carbonyl (C=O) groups is 1. The number of hydrogen-bond donors (Lipinski definition) is 0. The summed E-state index contributed by atoms with van der Waals surface area (Å²) in [5.74, 6) is 0.577. The second-order valence-electron chi connectivity index (χ2n) is 4.32. The number of halogens is 2. The van der Waals surface area contributed by atoms with E-state index >= 15 is 0 Å². The van der Waals surface area contributed by atoms with E-state index in [4.69, 9.17) is 0 Å². The zero-order valence-corrected chi connectivity index (χ0v) is 13.5. The van der Waals surface area contributed by atoms with E-state index in [1.807, 2.05) is 25.2 Å². The lowest BCUT2D eigenvalue weighted by Crippen LogP contribution is -2.31. The van der Waals surface area contributed by atoms with Gasteiger partial charge in [-0.3, -0.25) is 4.79 Å². The van der Waals surface area contributed by atoms with Crippen LogP contribution in [0.2, 0.25) is 0 Å². The van der Waals surface area contributed by atoms with E-state index in [9.17, 15) is 4.79 Å². The Balaban J connectivity index is 2.85. The van der Waals surface area contributed by atoms with Gasteiger partial charge in [-0.15, -0.1) is 0 Å². The standard InChI is InChI=1S/C13H17Br2NO/c1-4-9(2)8-16(3)13(17)11-7-10(14)5-6-12(11)15/h5-7,9H,4,8H2,1-3H3. The van der Waals surface area contributed by atoms with E-state index in [0.717, 1.165) is 21.9 Å². The van der Waals surface area contributed by atoms with Gasteiger partial charge in [0.25, 0.3) is 5.91 Å². The van der Waals surface area contributed by atoms with Crippen molar-refractivity contribution in [2.24, 2.45) is 5.92 Å². The fraction of sp³-hybridized carbons (Fsp3) is 0.462. The largest absolute Gasteiger partial charge is 0.341 e. The first-order valence-corrected chi connectivity index (χ1v) is 7.24. The van der Waals surface area contributed by atoms with E-state index < -0.39 is 0 Å².